The Bertz CT molecular complexity index is 1140. The van der Waals surface area contributed by atoms with Crippen molar-refractivity contribution < 1.29 is 13.5 Å². The summed E-state index contributed by atoms with van der Waals surface area (Å²) in [4.78, 5) is 4.91. The minimum Gasteiger partial charge on any atom is -0.492 e. The summed E-state index contributed by atoms with van der Waals surface area (Å²) in [5.41, 5.74) is 3.40. The Morgan fingerprint density at radius 1 is 0.730 bits per heavy atom. The number of halogens is 2. The van der Waals surface area contributed by atoms with Crippen molar-refractivity contribution in [3.63, 3.8) is 0 Å². The molecular formula is C32H38F2N2O. The third-order valence-electron chi connectivity index (χ3n) is 8.19. The van der Waals surface area contributed by atoms with Crippen molar-refractivity contribution in [2.75, 3.05) is 32.8 Å². The molecule has 0 amide bonds. The number of hydrogen-bond acceptors (Lipinski definition) is 3. The van der Waals surface area contributed by atoms with Crippen molar-refractivity contribution in [3.05, 3.63) is 101 Å². The number of benzene rings is 3. The first-order chi connectivity index (χ1) is 18.1. The fraction of sp³-hybridized carbons (Fsp3) is 0.438. The lowest BCUT2D eigenvalue weighted by molar-refractivity contribution is 0.0406. The molecule has 2 aliphatic rings. The minimum atomic E-state index is -0.184. The molecule has 5 heteroatoms. The maximum atomic E-state index is 14.6. The average Bonchev–Trinajstić information content (AvgIpc) is 2.91. The summed E-state index contributed by atoms with van der Waals surface area (Å²) in [5.74, 6) is 0.664. The highest BCUT2D eigenvalue weighted by Crippen LogP contribution is 2.39. The van der Waals surface area contributed by atoms with Crippen molar-refractivity contribution in [3.8, 4) is 5.75 Å². The maximum absolute atomic E-state index is 14.6. The smallest absolute Gasteiger partial charge is 0.127 e. The van der Waals surface area contributed by atoms with Gasteiger partial charge < -0.3 is 4.74 Å². The van der Waals surface area contributed by atoms with E-state index in [0.29, 0.717) is 13.2 Å². The SMILES string of the molecule is Fc1ccc(CN2CCC3(CCCCc4ccccc4OCCN(Cc4ccccc4F)C3)CC2)cc1. The van der Waals surface area contributed by atoms with Gasteiger partial charge in [0, 0.05) is 31.7 Å². The Labute approximate surface area is 220 Å². The van der Waals surface area contributed by atoms with Gasteiger partial charge >= 0.3 is 0 Å². The van der Waals surface area contributed by atoms with Crippen molar-refractivity contribution in [1.29, 1.82) is 0 Å². The van der Waals surface area contributed by atoms with Gasteiger partial charge in [0.2, 0.25) is 0 Å². The first-order valence-corrected chi connectivity index (χ1v) is 13.7. The maximum Gasteiger partial charge on any atom is 0.127 e. The fourth-order valence-electron chi connectivity index (χ4n) is 6.03. The van der Waals surface area contributed by atoms with E-state index in [-0.39, 0.29) is 17.0 Å². The largest absolute Gasteiger partial charge is 0.492 e. The summed E-state index contributed by atoms with van der Waals surface area (Å²) < 4.78 is 34.2. The van der Waals surface area contributed by atoms with Gasteiger partial charge in [0.05, 0.1) is 0 Å². The molecule has 0 radical (unpaired) electrons. The normalized spacial score (nSPS) is 19.4. The third kappa shape index (κ3) is 6.97. The average molecular weight is 505 g/mol. The lowest BCUT2D eigenvalue weighted by Crippen LogP contribution is -2.47. The molecule has 2 aliphatic heterocycles. The van der Waals surface area contributed by atoms with Gasteiger partial charge in [0.15, 0.2) is 0 Å². The van der Waals surface area contributed by atoms with E-state index in [1.165, 1.54) is 18.4 Å². The van der Waals surface area contributed by atoms with Crippen LogP contribution in [0.25, 0.3) is 0 Å². The van der Waals surface area contributed by atoms with Gasteiger partial charge in [-0.25, -0.2) is 8.78 Å². The van der Waals surface area contributed by atoms with Crippen molar-refractivity contribution in [2.45, 2.75) is 51.6 Å². The Hall–Kier alpha value is -2.76. The van der Waals surface area contributed by atoms with E-state index in [9.17, 15) is 8.78 Å². The molecule has 1 fully saturated rings. The van der Waals surface area contributed by atoms with E-state index >= 15 is 0 Å². The molecule has 0 unspecified atom stereocenters. The molecule has 0 aromatic heterocycles. The summed E-state index contributed by atoms with van der Waals surface area (Å²) in [6.07, 6.45) is 6.81. The second kappa shape index (κ2) is 12.2. The topological polar surface area (TPSA) is 15.7 Å². The number of likely N-dealkylation sites (tertiary alicyclic amines) is 1. The first-order valence-electron chi connectivity index (χ1n) is 13.7. The predicted molar refractivity (Wildman–Crippen MR) is 145 cm³/mol. The van der Waals surface area contributed by atoms with Gasteiger partial charge in [-0.1, -0.05) is 55.0 Å². The van der Waals surface area contributed by atoms with E-state index in [4.69, 9.17) is 4.74 Å². The van der Waals surface area contributed by atoms with Crippen LogP contribution in [0.1, 0.15) is 48.8 Å². The molecule has 0 N–H and O–H groups in total. The molecule has 196 valence electrons. The zero-order valence-electron chi connectivity index (χ0n) is 21.7. The van der Waals surface area contributed by atoms with E-state index in [2.05, 4.69) is 28.0 Å². The van der Waals surface area contributed by atoms with Gasteiger partial charge in [-0.3, -0.25) is 9.80 Å². The molecule has 3 aromatic rings. The van der Waals surface area contributed by atoms with Crippen molar-refractivity contribution in [1.82, 2.24) is 9.80 Å². The lowest BCUT2D eigenvalue weighted by Gasteiger charge is -2.45. The molecule has 37 heavy (non-hydrogen) atoms. The van der Waals surface area contributed by atoms with E-state index in [0.717, 1.165) is 75.3 Å². The van der Waals surface area contributed by atoms with Crippen LogP contribution in [-0.2, 0) is 19.5 Å². The zero-order chi connectivity index (χ0) is 25.5. The van der Waals surface area contributed by atoms with Crippen molar-refractivity contribution >= 4 is 0 Å². The van der Waals surface area contributed by atoms with E-state index in [1.54, 1.807) is 24.3 Å². The molecule has 3 nitrogen and oxygen atoms in total. The van der Waals surface area contributed by atoms with Crippen LogP contribution < -0.4 is 4.74 Å². The number of fused-ring (bicyclic) bond motifs is 1. The standard InChI is InChI=1S/C32H38F2N2O/c33-29-14-12-26(13-15-29)23-35-19-17-32(18-20-35)16-6-5-8-27-7-2-4-11-31(27)37-22-21-36(25-32)24-28-9-1-3-10-30(28)34/h1-4,7,9-15H,5-6,8,16-25H2. The molecule has 5 rings (SSSR count). The Morgan fingerprint density at radius 3 is 2.30 bits per heavy atom. The lowest BCUT2D eigenvalue weighted by atomic mass is 9.73. The van der Waals surface area contributed by atoms with Crippen molar-refractivity contribution in [2.24, 2.45) is 5.41 Å². The molecule has 2 heterocycles. The summed E-state index contributed by atoms with van der Waals surface area (Å²) in [6, 6.07) is 22.4. The molecular weight excluding hydrogens is 466 g/mol. The minimum absolute atomic E-state index is 0.136. The van der Waals surface area contributed by atoms with Crippen LogP contribution in [0.3, 0.4) is 0 Å². The van der Waals surface area contributed by atoms with Crippen LogP contribution in [0.15, 0.2) is 72.8 Å². The summed E-state index contributed by atoms with van der Waals surface area (Å²) in [6.45, 7) is 5.84. The predicted octanol–water partition coefficient (Wildman–Crippen LogP) is 6.85. The van der Waals surface area contributed by atoms with Gasteiger partial charge in [-0.05, 0) is 86.0 Å². The number of piperidine rings is 1. The number of ether oxygens (including phenoxy) is 1. The Morgan fingerprint density at radius 2 is 1.49 bits per heavy atom. The monoisotopic (exact) mass is 504 g/mol. The Kier molecular flexibility index (Phi) is 8.52. The van der Waals surface area contributed by atoms with Crippen LogP contribution in [0.5, 0.6) is 5.75 Å². The molecule has 3 aromatic carbocycles. The number of hydrogen-bond donors (Lipinski definition) is 0. The highest BCUT2D eigenvalue weighted by molar-refractivity contribution is 5.33. The third-order valence-corrected chi connectivity index (χ3v) is 8.19. The van der Waals surface area contributed by atoms with Gasteiger partial charge in [0.1, 0.15) is 24.0 Å². The molecule has 1 saturated heterocycles. The Balaban J connectivity index is 1.31. The van der Waals surface area contributed by atoms with Crippen LogP contribution in [0.4, 0.5) is 8.78 Å². The van der Waals surface area contributed by atoms with Crippen LogP contribution in [0, 0.1) is 17.0 Å². The fourth-order valence-corrected chi connectivity index (χ4v) is 6.03. The quantitative estimate of drug-likeness (QED) is 0.386. The number of rotatable bonds is 4. The second-order valence-electron chi connectivity index (χ2n) is 10.9. The van der Waals surface area contributed by atoms with Crippen LogP contribution in [-0.4, -0.2) is 42.6 Å². The second-order valence-corrected chi connectivity index (χ2v) is 10.9. The number of aryl methyl sites for hydroxylation is 1. The van der Waals surface area contributed by atoms with Crippen LogP contribution in [0.2, 0.25) is 0 Å². The summed E-state index contributed by atoms with van der Waals surface area (Å²) in [7, 11) is 0. The van der Waals surface area contributed by atoms with Crippen LogP contribution >= 0.6 is 0 Å². The molecule has 1 spiro atoms. The molecule has 0 aliphatic carbocycles. The zero-order valence-corrected chi connectivity index (χ0v) is 21.7. The highest BCUT2D eigenvalue weighted by atomic mass is 19.1. The summed E-state index contributed by atoms with van der Waals surface area (Å²) in [5, 5.41) is 0. The van der Waals surface area contributed by atoms with Gasteiger partial charge in [-0.2, -0.15) is 0 Å². The van der Waals surface area contributed by atoms with E-state index < -0.39 is 0 Å². The summed E-state index contributed by atoms with van der Waals surface area (Å²) >= 11 is 0. The number of nitrogens with zero attached hydrogens (tertiary/aromatic N) is 2. The van der Waals surface area contributed by atoms with Gasteiger partial charge in [0.25, 0.3) is 0 Å². The number of para-hydroxylation sites is 1. The van der Waals surface area contributed by atoms with Gasteiger partial charge in [-0.15, -0.1) is 0 Å². The molecule has 0 atom stereocenters. The highest BCUT2D eigenvalue weighted by Gasteiger charge is 2.36. The first kappa shape index (κ1) is 25.9. The molecule has 0 bridgehead atoms. The van der Waals surface area contributed by atoms with E-state index in [1.807, 2.05) is 30.3 Å². The molecule has 0 saturated carbocycles.